The number of hydrogen-bond acceptors (Lipinski definition) is 0. The topological polar surface area (TPSA) is 19.7 Å². The number of aromatic nitrogens is 2. The lowest BCUT2D eigenvalue weighted by Crippen LogP contribution is -2.34. The first kappa shape index (κ1) is 15.0. The average Bonchev–Trinajstić information content (AvgIpc) is 2.49. The molecule has 94 valence electrons. The summed E-state index contributed by atoms with van der Waals surface area (Å²) in [4.78, 5) is 3.16. The number of halogens is 4. The van der Waals surface area contributed by atoms with Gasteiger partial charge >= 0.3 is 7.25 Å². The van der Waals surface area contributed by atoms with Crippen molar-refractivity contribution in [2.24, 2.45) is 0 Å². The molecule has 0 saturated carbocycles. The Hall–Kier alpha value is -1.01. The number of aryl methyl sites for hydroxylation is 2. The van der Waals surface area contributed by atoms with Crippen molar-refractivity contribution in [3.05, 3.63) is 18.2 Å². The van der Waals surface area contributed by atoms with Crippen LogP contribution in [-0.4, -0.2) is 12.2 Å². The van der Waals surface area contributed by atoms with Gasteiger partial charge < -0.3 is 17.3 Å². The predicted octanol–water partition coefficient (Wildman–Crippen LogP) is 3.10. The zero-order chi connectivity index (χ0) is 12.6. The van der Waals surface area contributed by atoms with Crippen LogP contribution in [0.2, 0.25) is 0 Å². The van der Waals surface area contributed by atoms with Gasteiger partial charge in [-0.25, -0.2) is 9.55 Å². The third-order valence-corrected chi connectivity index (χ3v) is 1.98. The predicted molar refractivity (Wildman–Crippen MR) is 55.4 cm³/mol. The average molecular weight is 240 g/mol. The van der Waals surface area contributed by atoms with Crippen molar-refractivity contribution >= 4 is 7.25 Å². The van der Waals surface area contributed by atoms with Crippen molar-refractivity contribution in [2.75, 3.05) is 0 Å². The molecule has 0 aliphatic heterocycles. The van der Waals surface area contributed by atoms with Crippen LogP contribution >= 0.6 is 0 Å². The first-order valence-electron chi connectivity index (χ1n) is 5.25. The van der Waals surface area contributed by atoms with Crippen LogP contribution in [0.5, 0.6) is 0 Å². The van der Waals surface area contributed by atoms with Crippen molar-refractivity contribution in [2.45, 2.75) is 39.7 Å². The SMILES string of the molecule is CCCCC[n+]1cc[nH]c1C.F[B-](F)(F)F. The fraction of sp³-hybridized carbons (Fsp3) is 0.667. The van der Waals surface area contributed by atoms with E-state index in [9.17, 15) is 17.3 Å². The molecule has 0 aliphatic rings. The first-order chi connectivity index (χ1) is 7.34. The molecular formula is C9H17BF4N2. The van der Waals surface area contributed by atoms with E-state index in [1.165, 1.54) is 25.1 Å². The molecule has 0 saturated heterocycles. The second-order valence-electron chi connectivity index (χ2n) is 3.44. The molecule has 0 radical (unpaired) electrons. The minimum atomic E-state index is -6.00. The summed E-state index contributed by atoms with van der Waals surface area (Å²) in [5.41, 5.74) is 0. The van der Waals surface area contributed by atoms with Crippen LogP contribution in [-0.2, 0) is 6.54 Å². The second kappa shape index (κ2) is 7.30. The highest BCUT2D eigenvalue weighted by atomic mass is 19.5. The molecule has 2 nitrogen and oxygen atoms in total. The molecule has 1 N–H and O–H groups in total. The monoisotopic (exact) mass is 240 g/mol. The van der Waals surface area contributed by atoms with Crippen LogP contribution in [0.15, 0.2) is 12.4 Å². The molecule has 1 rings (SSSR count). The molecular weight excluding hydrogens is 223 g/mol. The lowest BCUT2D eigenvalue weighted by atomic mass is 10.2. The summed E-state index contributed by atoms with van der Waals surface area (Å²) in [5.74, 6) is 1.25. The van der Waals surface area contributed by atoms with Gasteiger partial charge in [-0.1, -0.05) is 13.3 Å². The number of H-pyrrole nitrogens is 1. The highest BCUT2D eigenvalue weighted by Crippen LogP contribution is 2.06. The Morgan fingerprint density at radius 2 is 1.81 bits per heavy atom. The van der Waals surface area contributed by atoms with E-state index in [0.717, 1.165) is 6.54 Å². The largest absolute Gasteiger partial charge is 0.673 e. The zero-order valence-electron chi connectivity index (χ0n) is 9.52. The number of aromatic amines is 1. The van der Waals surface area contributed by atoms with Crippen molar-refractivity contribution < 1.29 is 21.8 Å². The fourth-order valence-corrected chi connectivity index (χ4v) is 1.22. The van der Waals surface area contributed by atoms with E-state index in [4.69, 9.17) is 0 Å². The molecule has 0 bridgehead atoms. The normalized spacial score (nSPS) is 10.9. The molecule has 0 aromatic carbocycles. The molecule has 1 heterocycles. The van der Waals surface area contributed by atoms with Crippen LogP contribution in [0.1, 0.15) is 32.0 Å². The molecule has 0 unspecified atom stereocenters. The summed E-state index contributed by atoms with van der Waals surface area (Å²) in [6, 6.07) is 0. The van der Waals surface area contributed by atoms with Crippen LogP contribution in [0, 0.1) is 6.92 Å². The Bertz CT molecular complexity index is 279. The summed E-state index contributed by atoms with van der Waals surface area (Å²) in [5, 5.41) is 0. The highest BCUT2D eigenvalue weighted by Gasteiger charge is 2.20. The number of imidazole rings is 1. The Morgan fingerprint density at radius 3 is 2.19 bits per heavy atom. The van der Waals surface area contributed by atoms with E-state index in [-0.39, 0.29) is 0 Å². The molecule has 1 aromatic heterocycles. The van der Waals surface area contributed by atoms with Gasteiger partial charge in [-0.3, -0.25) is 0 Å². The number of unbranched alkanes of at least 4 members (excludes halogenated alkanes) is 2. The molecule has 0 amide bonds. The minimum Gasteiger partial charge on any atom is -0.418 e. The van der Waals surface area contributed by atoms with Crippen LogP contribution in [0.3, 0.4) is 0 Å². The van der Waals surface area contributed by atoms with Gasteiger partial charge in [0.15, 0.2) is 0 Å². The quantitative estimate of drug-likeness (QED) is 0.361. The van der Waals surface area contributed by atoms with Gasteiger partial charge in [0.05, 0.1) is 6.54 Å². The third kappa shape index (κ3) is 9.55. The third-order valence-electron chi connectivity index (χ3n) is 1.98. The van der Waals surface area contributed by atoms with Gasteiger partial charge in [-0.15, -0.1) is 0 Å². The van der Waals surface area contributed by atoms with E-state index < -0.39 is 7.25 Å². The van der Waals surface area contributed by atoms with Gasteiger partial charge in [-0.2, -0.15) is 0 Å². The Balaban J connectivity index is 0.000000385. The minimum absolute atomic E-state index is 1.16. The van der Waals surface area contributed by atoms with Gasteiger partial charge in [0.1, 0.15) is 12.4 Å². The smallest absolute Gasteiger partial charge is 0.418 e. The standard InChI is InChI=1S/C9H16N2.BF4/c1-3-4-5-7-11-8-6-10-9(11)2;2-1(3,4)5/h6,8H,3-5,7H2,1-2H3;/q;-1/p+1. The molecule has 0 fully saturated rings. The summed E-state index contributed by atoms with van der Waals surface area (Å²) in [7, 11) is -6.00. The second-order valence-corrected chi connectivity index (χ2v) is 3.44. The van der Waals surface area contributed by atoms with Crippen LogP contribution < -0.4 is 4.57 Å². The van der Waals surface area contributed by atoms with E-state index >= 15 is 0 Å². The van der Waals surface area contributed by atoms with Gasteiger partial charge in [0.25, 0.3) is 5.82 Å². The highest BCUT2D eigenvalue weighted by molar-refractivity contribution is 6.50. The number of nitrogens with zero attached hydrogens (tertiary/aromatic N) is 1. The fourth-order valence-electron chi connectivity index (χ4n) is 1.22. The Labute approximate surface area is 92.8 Å². The number of rotatable bonds is 4. The van der Waals surface area contributed by atoms with Gasteiger partial charge in [0, 0.05) is 6.92 Å². The maximum atomic E-state index is 9.75. The maximum Gasteiger partial charge on any atom is 0.673 e. The van der Waals surface area contributed by atoms with E-state index in [1.807, 2.05) is 6.20 Å². The summed E-state index contributed by atoms with van der Waals surface area (Å²) in [6.45, 7) is 5.49. The van der Waals surface area contributed by atoms with Crippen molar-refractivity contribution in [1.82, 2.24) is 4.98 Å². The van der Waals surface area contributed by atoms with Crippen LogP contribution in [0.4, 0.5) is 17.3 Å². The molecule has 1 aromatic rings. The van der Waals surface area contributed by atoms with Crippen molar-refractivity contribution in [1.29, 1.82) is 0 Å². The van der Waals surface area contributed by atoms with E-state index in [1.54, 1.807) is 0 Å². The van der Waals surface area contributed by atoms with Gasteiger partial charge in [-0.05, 0) is 12.8 Å². The Kier molecular flexibility index (Phi) is 6.84. The molecule has 0 spiro atoms. The lowest BCUT2D eigenvalue weighted by molar-refractivity contribution is -0.701. The summed E-state index contributed by atoms with van der Waals surface area (Å²) in [6.07, 6.45) is 8.01. The zero-order valence-corrected chi connectivity index (χ0v) is 9.52. The van der Waals surface area contributed by atoms with E-state index in [2.05, 4.69) is 29.6 Å². The van der Waals surface area contributed by atoms with Crippen molar-refractivity contribution in [3.8, 4) is 0 Å². The summed E-state index contributed by atoms with van der Waals surface area (Å²) >= 11 is 0. The molecule has 0 aliphatic carbocycles. The number of nitrogens with one attached hydrogen (secondary N) is 1. The lowest BCUT2D eigenvalue weighted by Gasteiger charge is -1.95. The maximum absolute atomic E-state index is 9.75. The first-order valence-corrected chi connectivity index (χ1v) is 5.25. The molecule has 7 heteroatoms. The molecule has 16 heavy (non-hydrogen) atoms. The summed E-state index contributed by atoms with van der Waals surface area (Å²) < 4.78 is 41.3. The molecule has 0 atom stereocenters. The Morgan fingerprint density at radius 1 is 1.25 bits per heavy atom. The number of hydrogen-bond donors (Lipinski definition) is 1. The van der Waals surface area contributed by atoms with E-state index in [0.29, 0.717) is 0 Å². The van der Waals surface area contributed by atoms with Crippen molar-refractivity contribution in [3.63, 3.8) is 0 Å². The van der Waals surface area contributed by atoms with Gasteiger partial charge in [0.2, 0.25) is 0 Å². The van der Waals surface area contributed by atoms with Crippen LogP contribution in [0.25, 0.3) is 0 Å².